The van der Waals surface area contributed by atoms with Crippen molar-refractivity contribution in [2.24, 2.45) is 5.92 Å². The Bertz CT molecular complexity index is 450. The lowest BCUT2D eigenvalue weighted by Crippen LogP contribution is -2.52. The van der Waals surface area contributed by atoms with Gasteiger partial charge in [-0.2, -0.15) is 0 Å². The molecule has 1 aliphatic rings. The van der Waals surface area contributed by atoms with E-state index < -0.39 is 6.10 Å². The number of aromatic nitrogens is 1. The highest BCUT2D eigenvalue weighted by atomic mass is 16.5. The van der Waals surface area contributed by atoms with Crippen LogP contribution in [0.25, 0.3) is 0 Å². The van der Waals surface area contributed by atoms with Gasteiger partial charge in [0.1, 0.15) is 17.5 Å². The molecule has 1 aromatic heterocycles. The van der Waals surface area contributed by atoms with Crippen molar-refractivity contribution in [1.82, 2.24) is 9.88 Å². The summed E-state index contributed by atoms with van der Waals surface area (Å²) in [7, 11) is 5.73. The number of aliphatic hydroxyl groups is 1. The van der Waals surface area contributed by atoms with Gasteiger partial charge < -0.3 is 14.7 Å². The van der Waals surface area contributed by atoms with E-state index in [-0.39, 0.29) is 5.54 Å². The number of hydrogen-bond acceptors (Lipinski definition) is 4. The van der Waals surface area contributed by atoms with Crippen LogP contribution in [0.2, 0.25) is 0 Å². The maximum absolute atomic E-state index is 11.0. The summed E-state index contributed by atoms with van der Waals surface area (Å²) in [6, 6.07) is 3.70. The van der Waals surface area contributed by atoms with Crippen LogP contribution >= 0.6 is 0 Å². The molecular weight excluding hydrogens is 252 g/mol. The number of rotatable bonds is 4. The largest absolute Gasteiger partial charge is 0.495 e. The molecule has 0 amide bonds. The first kappa shape index (κ1) is 15.3. The van der Waals surface area contributed by atoms with Crippen molar-refractivity contribution < 1.29 is 9.84 Å². The van der Waals surface area contributed by atoms with Gasteiger partial charge in [0.2, 0.25) is 0 Å². The lowest BCUT2D eigenvalue weighted by atomic mass is 9.71. The van der Waals surface area contributed by atoms with E-state index in [9.17, 15) is 5.11 Å². The second-order valence-electron chi connectivity index (χ2n) is 6.19. The first-order valence-electron chi connectivity index (χ1n) is 7.35. The summed E-state index contributed by atoms with van der Waals surface area (Å²) < 4.78 is 5.37. The average Bonchev–Trinajstić information content (AvgIpc) is 2.46. The molecule has 4 heteroatoms. The fraction of sp³-hybridized carbons (Fsp3) is 0.688. The number of nitrogens with zero attached hydrogens (tertiary/aromatic N) is 2. The van der Waals surface area contributed by atoms with E-state index in [1.165, 1.54) is 6.42 Å². The van der Waals surface area contributed by atoms with Crippen molar-refractivity contribution in [3.63, 3.8) is 0 Å². The van der Waals surface area contributed by atoms with Gasteiger partial charge in [-0.3, -0.25) is 4.98 Å². The quantitative estimate of drug-likeness (QED) is 0.919. The molecule has 0 bridgehead atoms. The Balaban J connectivity index is 2.38. The Kier molecular flexibility index (Phi) is 4.66. The predicted octanol–water partition coefficient (Wildman–Crippen LogP) is 2.63. The first-order chi connectivity index (χ1) is 9.51. The number of ether oxygens (including phenoxy) is 1. The van der Waals surface area contributed by atoms with Gasteiger partial charge in [-0.15, -0.1) is 0 Å². The molecule has 0 radical (unpaired) electrons. The summed E-state index contributed by atoms with van der Waals surface area (Å²) in [5.74, 6) is 1.29. The summed E-state index contributed by atoms with van der Waals surface area (Å²) in [4.78, 5) is 6.54. The fourth-order valence-corrected chi connectivity index (χ4v) is 3.50. The van der Waals surface area contributed by atoms with Gasteiger partial charge in [0.05, 0.1) is 12.6 Å². The van der Waals surface area contributed by atoms with Gasteiger partial charge in [-0.1, -0.05) is 19.8 Å². The molecule has 0 spiro atoms. The Morgan fingerprint density at radius 2 is 2.25 bits per heavy atom. The zero-order chi connectivity index (χ0) is 14.8. The van der Waals surface area contributed by atoms with E-state index in [2.05, 4.69) is 30.9 Å². The van der Waals surface area contributed by atoms with Crippen molar-refractivity contribution in [2.45, 2.75) is 44.2 Å². The predicted molar refractivity (Wildman–Crippen MR) is 79.8 cm³/mol. The molecule has 1 N–H and O–H groups in total. The normalized spacial score (nSPS) is 28.4. The summed E-state index contributed by atoms with van der Waals surface area (Å²) >= 11 is 0. The van der Waals surface area contributed by atoms with Gasteiger partial charge in [0.25, 0.3) is 0 Å². The van der Waals surface area contributed by atoms with E-state index in [1.54, 1.807) is 13.3 Å². The van der Waals surface area contributed by atoms with E-state index >= 15 is 0 Å². The third-order valence-electron chi connectivity index (χ3n) is 4.69. The number of methoxy groups -OCH3 is 1. The Morgan fingerprint density at radius 1 is 1.50 bits per heavy atom. The topological polar surface area (TPSA) is 45.6 Å². The molecule has 0 aliphatic heterocycles. The standard InChI is InChI=1S/C16H26N2O2/c1-12-7-5-9-16(11-12,18(2)3)15(19)14-13(20-4)8-6-10-17-14/h6,8,10,12,15,19H,5,7,9,11H2,1-4H3. The fourth-order valence-electron chi connectivity index (χ4n) is 3.50. The minimum absolute atomic E-state index is 0.251. The molecule has 0 aromatic carbocycles. The smallest absolute Gasteiger partial charge is 0.143 e. The van der Waals surface area contributed by atoms with Crippen molar-refractivity contribution in [3.8, 4) is 5.75 Å². The zero-order valence-corrected chi connectivity index (χ0v) is 13.0. The van der Waals surface area contributed by atoms with E-state index in [4.69, 9.17) is 4.74 Å². The van der Waals surface area contributed by atoms with Gasteiger partial charge >= 0.3 is 0 Å². The van der Waals surface area contributed by atoms with Gasteiger partial charge in [0.15, 0.2) is 0 Å². The van der Waals surface area contributed by atoms with Crippen molar-refractivity contribution >= 4 is 0 Å². The van der Waals surface area contributed by atoms with E-state index in [1.807, 2.05) is 12.1 Å². The SMILES string of the molecule is COc1cccnc1C(O)C1(N(C)C)CCCC(C)C1. The molecule has 1 aromatic rings. The Hall–Kier alpha value is -1.13. The minimum Gasteiger partial charge on any atom is -0.495 e. The second kappa shape index (κ2) is 6.10. The lowest BCUT2D eigenvalue weighted by molar-refractivity contribution is -0.0480. The Labute approximate surface area is 121 Å². The highest BCUT2D eigenvalue weighted by molar-refractivity contribution is 5.31. The first-order valence-corrected chi connectivity index (χ1v) is 7.35. The molecule has 4 nitrogen and oxygen atoms in total. The van der Waals surface area contributed by atoms with Crippen LogP contribution in [0.5, 0.6) is 5.75 Å². The van der Waals surface area contributed by atoms with Gasteiger partial charge in [0, 0.05) is 6.20 Å². The lowest BCUT2D eigenvalue weighted by Gasteiger charge is -2.48. The van der Waals surface area contributed by atoms with Crippen LogP contribution in [0.3, 0.4) is 0 Å². The zero-order valence-electron chi connectivity index (χ0n) is 13.0. The molecule has 1 aliphatic carbocycles. The van der Waals surface area contributed by atoms with E-state index in [0.717, 1.165) is 19.3 Å². The number of hydrogen-bond donors (Lipinski definition) is 1. The van der Waals surface area contributed by atoms with E-state index in [0.29, 0.717) is 17.4 Å². The molecule has 1 fully saturated rings. The molecule has 3 atom stereocenters. The van der Waals surface area contributed by atoms with Crippen LogP contribution in [0.1, 0.15) is 44.4 Å². The minimum atomic E-state index is -0.628. The van der Waals surface area contributed by atoms with Gasteiger partial charge in [-0.05, 0) is 45.0 Å². The number of aliphatic hydroxyl groups excluding tert-OH is 1. The molecule has 2 rings (SSSR count). The molecule has 3 unspecified atom stereocenters. The molecule has 20 heavy (non-hydrogen) atoms. The summed E-state index contributed by atoms with van der Waals surface area (Å²) in [6.07, 6.45) is 5.45. The number of likely N-dealkylation sites (N-methyl/N-ethyl adjacent to an activating group) is 1. The molecular formula is C16H26N2O2. The van der Waals surface area contributed by atoms with Crippen LogP contribution in [0, 0.1) is 5.92 Å². The monoisotopic (exact) mass is 278 g/mol. The summed E-state index contributed by atoms with van der Waals surface area (Å²) in [5.41, 5.74) is 0.400. The van der Waals surface area contributed by atoms with Crippen molar-refractivity contribution in [2.75, 3.05) is 21.2 Å². The van der Waals surface area contributed by atoms with Crippen LogP contribution in [-0.2, 0) is 0 Å². The maximum atomic E-state index is 11.0. The molecule has 1 saturated carbocycles. The van der Waals surface area contributed by atoms with Crippen molar-refractivity contribution in [1.29, 1.82) is 0 Å². The van der Waals surface area contributed by atoms with Crippen LogP contribution < -0.4 is 4.74 Å². The third kappa shape index (κ3) is 2.67. The van der Waals surface area contributed by atoms with Gasteiger partial charge in [-0.25, -0.2) is 0 Å². The highest BCUT2D eigenvalue weighted by Gasteiger charge is 2.45. The number of pyridine rings is 1. The molecule has 112 valence electrons. The van der Waals surface area contributed by atoms with Crippen LogP contribution in [-0.4, -0.2) is 41.7 Å². The third-order valence-corrected chi connectivity index (χ3v) is 4.69. The summed E-state index contributed by atoms with van der Waals surface area (Å²) in [5, 5.41) is 11.0. The summed E-state index contributed by atoms with van der Waals surface area (Å²) in [6.45, 7) is 2.26. The molecule has 1 heterocycles. The van der Waals surface area contributed by atoms with Crippen LogP contribution in [0.15, 0.2) is 18.3 Å². The average molecular weight is 278 g/mol. The highest BCUT2D eigenvalue weighted by Crippen LogP contribution is 2.45. The molecule has 0 saturated heterocycles. The van der Waals surface area contributed by atoms with Crippen LogP contribution in [0.4, 0.5) is 0 Å². The Morgan fingerprint density at radius 3 is 2.85 bits per heavy atom. The maximum Gasteiger partial charge on any atom is 0.143 e. The second-order valence-corrected chi connectivity index (χ2v) is 6.19. The van der Waals surface area contributed by atoms with Crippen molar-refractivity contribution in [3.05, 3.63) is 24.0 Å².